The van der Waals surface area contributed by atoms with Crippen LogP contribution in [0.2, 0.25) is 0 Å². The van der Waals surface area contributed by atoms with E-state index in [-0.39, 0.29) is 55.7 Å². The van der Waals surface area contributed by atoms with Crippen molar-refractivity contribution in [3.8, 4) is 0 Å². The van der Waals surface area contributed by atoms with Gasteiger partial charge in [0.05, 0.1) is 19.8 Å². The maximum Gasteiger partial charge on any atom is 0.253 e. The number of unbranched alkanes of at least 4 members (excludes halogenated alkanes) is 2. The Morgan fingerprint density at radius 2 is 1.75 bits per heavy atom. The van der Waals surface area contributed by atoms with E-state index in [2.05, 4.69) is 10.6 Å². The Bertz CT molecular complexity index is 1020. The number of hydrogen-bond donors (Lipinski definition) is 4. The van der Waals surface area contributed by atoms with E-state index in [1.807, 2.05) is 0 Å². The molecule has 2 aliphatic heterocycles. The van der Waals surface area contributed by atoms with Crippen molar-refractivity contribution in [1.29, 1.82) is 0 Å². The van der Waals surface area contributed by atoms with E-state index in [9.17, 15) is 34.2 Å². The standard InChI is InChI=1S/C25H32N4O7/c30-15-17-7-8-19(18(13-17)16-31)27-25(36)20-5-4-12-28(20)24(35)14-26-21(32)6-2-1-3-11-29-22(33)9-10-23(29)34/h7-10,13,20,30-31H,1-6,11-12,14-16H2,(H,26,32)(H,27,36)/t20-/m0/s1. The van der Waals surface area contributed by atoms with Gasteiger partial charge in [-0.2, -0.15) is 0 Å². The van der Waals surface area contributed by atoms with Crippen LogP contribution in [0, 0.1) is 0 Å². The van der Waals surface area contributed by atoms with Crippen molar-refractivity contribution in [1.82, 2.24) is 15.1 Å². The molecule has 0 aromatic heterocycles. The molecule has 0 saturated carbocycles. The summed E-state index contributed by atoms with van der Waals surface area (Å²) >= 11 is 0. The van der Waals surface area contributed by atoms with E-state index in [1.54, 1.807) is 18.2 Å². The number of hydrogen-bond acceptors (Lipinski definition) is 7. The number of carbonyl (C=O) groups is 5. The number of nitrogens with one attached hydrogen (secondary N) is 2. The van der Waals surface area contributed by atoms with Gasteiger partial charge in [0.2, 0.25) is 17.7 Å². The molecule has 36 heavy (non-hydrogen) atoms. The van der Waals surface area contributed by atoms with Crippen molar-refractivity contribution >= 4 is 35.2 Å². The van der Waals surface area contributed by atoms with Crippen LogP contribution in [0.4, 0.5) is 5.69 Å². The number of carbonyl (C=O) groups excluding carboxylic acids is 5. The molecule has 3 rings (SSSR count). The van der Waals surface area contributed by atoms with Crippen LogP contribution in [0.25, 0.3) is 0 Å². The summed E-state index contributed by atoms with van der Waals surface area (Å²) < 4.78 is 0. The topological polar surface area (TPSA) is 156 Å². The molecular formula is C25H32N4O7. The molecule has 194 valence electrons. The summed E-state index contributed by atoms with van der Waals surface area (Å²) in [7, 11) is 0. The Morgan fingerprint density at radius 3 is 2.44 bits per heavy atom. The minimum atomic E-state index is -0.677. The van der Waals surface area contributed by atoms with Gasteiger partial charge in [0.1, 0.15) is 6.04 Å². The van der Waals surface area contributed by atoms with E-state index in [0.717, 1.165) is 4.90 Å². The lowest BCUT2D eigenvalue weighted by atomic mass is 10.1. The molecule has 0 radical (unpaired) electrons. The first-order valence-corrected chi connectivity index (χ1v) is 12.1. The van der Waals surface area contributed by atoms with Crippen molar-refractivity contribution in [2.45, 2.75) is 57.8 Å². The van der Waals surface area contributed by atoms with Gasteiger partial charge in [0.25, 0.3) is 11.8 Å². The van der Waals surface area contributed by atoms with Gasteiger partial charge in [0, 0.05) is 42.9 Å². The number of benzene rings is 1. The second-order valence-corrected chi connectivity index (χ2v) is 8.79. The monoisotopic (exact) mass is 500 g/mol. The number of likely N-dealkylation sites (tertiary alicyclic amines) is 1. The molecule has 5 amide bonds. The summed E-state index contributed by atoms with van der Waals surface area (Å²) in [6.07, 6.45) is 5.65. The van der Waals surface area contributed by atoms with E-state index < -0.39 is 6.04 Å². The Balaban J connectivity index is 1.39. The van der Waals surface area contributed by atoms with Gasteiger partial charge in [-0.3, -0.25) is 28.9 Å². The number of aliphatic hydroxyl groups excluding tert-OH is 2. The first kappa shape index (κ1) is 27.0. The highest BCUT2D eigenvalue weighted by Crippen LogP contribution is 2.22. The van der Waals surface area contributed by atoms with E-state index in [0.29, 0.717) is 62.0 Å². The number of nitrogens with zero attached hydrogens (tertiary/aromatic N) is 2. The van der Waals surface area contributed by atoms with Gasteiger partial charge in [-0.15, -0.1) is 0 Å². The quantitative estimate of drug-likeness (QED) is 0.236. The highest BCUT2D eigenvalue weighted by Gasteiger charge is 2.34. The largest absolute Gasteiger partial charge is 0.392 e. The fourth-order valence-corrected chi connectivity index (χ4v) is 4.30. The summed E-state index contributed by atoms with van der Waals surface area (Å²) in [5.74, 6) is -1.64. The van der Waals surface area contributed by atoms with Gasteiger partial charge in [-0.05, 0) is 43.4 Å². The molecule has 11 heteroatoms. The molecule has 2 aliphatic rings. The van der Waals surface area contributed by atoms with Crippen LogP contribution in [0.1, 0.15) is 49.7 Å². The molecule has 4 N–H and O–H groups in total. The minimum Gasteiger partial charge on any atom is -0.392 e. The average Bonchev–Trinajstić information content (AvgIpc) is 3.49. The van der Waals surface area contributed by atoms with E-state index in [1.165, 1.54) is 17.1 Å². The number of rotatable bonds is 12. The summed E-state index contributed by atoms with van der Waals surface area (Å²) in [6.45, 7) is 0.0172. The average molecular weight is 501 g/mol. The summed E-state index contributed by atoms with van der Waals surface area (Å²) in [5, 5.41) is 24.2. The number of amides is 5. The Hall–Kier alpha value is -3.57. The predicted molar refractivity (Wildman–Crippen MR) is 129 cm³/mol. The third kappa shape index (κ3) is 6.98. The molecule has 0 aliphatic carbocycles. The lowest BCUT2D eigenvalue weighted by Crippen LogP contribution is -2.47. The molecule has 0 bridgehead atoms. The van der Waals surface area contributed by atoms with Crippen molar-refractivity contribution in [3.63, 3.8) is 0 Å². The normalized spacial score (nSPS) is 17.1. The van der Waals surface area contributed by atoms with Crippen LogP contribution in [0.3, 0.4) is 0 Å². The predicted octanol–water partition coefficient (Wildman–Crippen LogP) is 0.202. The molecule has 0 unspecified atom stereocenters. The summed E-state index contributed by atoms with van der Waals surface area (Å²) in [5.41, 5.74) is 1.50. The molecule has 1 atom stereocenters. The fraction of sp³-hybridized carbons (Fsp3) is 0.480. The van der Waals surface area contributed by atoms with Gasteiger partial charge < -0.3 is 25.7 Å². The first-order chi connectivity index (χ1) is 17.3. The van der Waals surface area contributed by atoms with Crippen LogP contribution in [0.15, 0.2) is 30.4 Å². The van der Waals surface area contributed by atoms with Crippen LogP contribution in [0.5, 0.6) is 0 Å². The second-order valence-electron chi connectivity index (χ2n) is 8.79. The highest BCUT2D eigenvalue weighted by atomic mass is 16.3. The van der Waals surface area contributed by atoms with Gasteiger partial charge >= 0.3 is 0 Å². The zero-order chi connectivity index (χ0) is 26.1. The zero-order valence-corrected chi connectivity index (χ0v) is 20.1. The van der Waals surface area contributed by atoms with Crippen LogP contribution in [-0.2, 0) is 37.2 Å². The smallest absolute Gasteiger partial charge is 0.253 e. The van der Waals surface area contributed by atoms with Crippen molar-refractivity contribution in [2.75, 3.05) is 25.0 Å². The molecule has 1 aromatic rings. The van der Waals surface area contributed by atoms with Crippen molar-refractivity contribution in [3.05, 3.63) is 41.5 Å². The summed E-state index contributed by atoms with van der Waals surface area (Å²) in [4.78, 5) is 63.3. The molecule has 1 fully saturated rings. The molecule has 11 nitrogen and oxygen atoms in total. The Morgan fingerprint density at radius 1 is 1.00 bits per heavy atom. The van der Waals surface area contributed by atoms with Gasteiger partial charge in [-0.1, -0.05) is 12.5 Å². The molecule has 0 spiro atoms. The Kier molecular flexibility index (Phi) is 9.71. The molecule has 2 heterocycles. The molecular weight excluding hydrogens is 468 g/mol. The Labute approximate surface area is 209 Å². The minimum absolute atomic E-state index is 0.184. The van der Waals surface area contributed by atoms with E-state index in [4.69, 9.17) is 0 Å². The molecule has 1 aromatic carbocycles. The maximum absolute atomic E-state index is 12.9. The van der Waals surface area contributed by atoms with Gasteiger partial charge in [0.15, 0.2) is 0 Å². The summed E-state index contributed by atoms with van der Waals surface area (Å²) in [6, 6.07) is 4.17. The number of anilines is 1. The lowest BCUT2D eigenvalue weighted by Gasteiger charge is -2.24. The SMILES string of the molecule is O=C(CCCCCN1C(=O)C=CC1=O)NCC(=O)N1CCC[C@H]1C(=O)Nc1ccc(CO)cc1CO. The second kappa shape index (κ2) is 12.9. The molecule has 1 saturated heterocycles. The van der Waals surface area contributed by atoms with E-state index >= 15 is 0 Å². The first-order valence-electron chi connectivity index (χ1n) is 12.1. The van der Waals surface area contributed by atoms with Crippen molar-refractivity contribution < 1.29 is 34.2 Å². The van der Waals surface area contributed by atoms with Crippen LogP contribution >= 0.6 is 0 Å². The van der Waals surface area contributed by atoms with Gasteiger partial charge in [-0.25, -0.2) is 0 Å². The third-order valence-electron chi connectivity index (χ3n) is 6.28. The third-order valence-corrected chi connectivity index (χ3v) is 6.28. The number of aliphatic hydroxyl groups is 2. The van der Waals surface area contributed by atoms with Crippen molar-refractivity contribution in [2.24, 2.45) is 0 Å². The van der Waals surface area contributed by atoms with Crippen LogP contribution in [-0.4, -0.2) is 75.2 Å². The lowest BCUT2D eigenvalue weighted by molar-refractivity contribution is -0.137. The highest BCUT2D eigenvalue weighted by molar-refractivity contribution is 6.12. The maximum atomic E-state index is 12.9. The van der Waals surface area contributed by atoms with Crippen LogP contribution < -0.4 is 10.6 Å². The zero-order valence-electron chi connectivity index (χ0n) is 20.1. The fourth-order valence-electron chi connectivity index (χ4n) is 4.30. The number of imide groups is 1.